The summed E-state index contributed by atoms with van der Waals surface area (Å²) in [6.07, 6.45) is 2.28. The van der Waals surface area contributed by atoms with Gasteiger partial charge in [-0.15, -0.1) is 0 Å². The Hall–Kier alpha value is -1.91. The third-order valence-corrected chi connectivity index (χ3v) is 4.31. The van der Waals surface area contributed by atoms with Crippen molar-refractivity contribution in [3.63, 3.8) is 0 Å². The second kappa shape index (κ2) is 5.84. The molecule has 0 bridgehead atoms. The van der Waals surface area contributed by atoms with Crippen LogP contribution in [0.1, 0.15) is 31.7 Å². The number of benzene rings is 1. The number of halogens is 1. The summed E-state index contributed by atoms with van der Waals surface area (Å²) in [4.78, 5) is 25.1. The van der Waals surface area contributed by atoms with Gasteiger partial charge in [-0.2, -0.15) is 0 Å². The minimum atomic E-state index is -0.928. The van der Waals surface area contributed by atoms with Gasteiger partial charge in [0.25, 0.3) is 0 Å². The summed E-state index contributed by atoms with van der Waals surface area (Å²) >= 11 is 0. The molecule has 0 saturated heterocycles. The number of rotatable bonds is 5. The molecule has 1 aromatic rings. The van der Waals surface area contributed by atoms with Crippen LogP contribution < -0.4 is 0 Å². The second-order valence-electron chi connectivity index (χ2n) is 5.87. The molecule has 1 atom stereocenters. The Kier molecular flexibility index (Phi) is 4.30. The van der Waals surface area contributed by atoms with E-state index < -0.39 is 17.3 Å². The van der Waals surface area contributed by atoms with Gasteiger partial charge in [0.2, 0.25) is 5.91 Å². The molecule has 1 fully saturated rings. The Balaban J connectivity index is 2.20. The lowest BCUT2D eigenvalue weighted by molar-refractivity contribution is -0.145. The van der Waals surface area contributed by atoms with Gasteiger partial charge in [0, 0.05) is 13.6 Å². The molecular weight excluding hydrogens is 273 g/mol. The van der Waals surface area contributed by atoms with Crippen LogP contribution in [0.2, 0.25) is 0 Å². The van der Waals surface area contributed by atoms with E-state index >= 15 is 0 Å². The number of hydrogen-bond acceptors (Lipinski definition) is 2. The van der Waals surface area contributed by atoms with Gasteiger partial charge in [0.05, 0.1) is 11.3 Å². The fourth-order valence-corrected chi connectivity index (χ4v) is 2.88. The van der Waals surface area contributed by atoms with Crippen LogP contribution >= 0.6 is 0 Å². The molecule has 1 aliphatic carbocycles. The van der Waals surface area contributed by atoms with Crippen molar-refractivity contribution >= 4 is 11.9 Å². The highest BCUT2D eigenvalue weighted by Crippen LogP contribution is 2.45. The fraction of sp³-hybridized carbons (Fsp3) is 0.500. The predicted molar refractivity (Wildman–Crippen MR) is 76.4 cm³/mol. The zero-order chi connectivity index (χ0) is 15.6. The van der Waals surface area contributed by atoms with Crippen molar-refractivity contribution < 1.29 is 19.1 Å². The quantitative estimate of drug-likeness (QED) is 0.907. The first-order valence-corrected chi connectivity index (χ1v) is 7.11. The van der Waals surface area contributed by atoms with Crippen LogP contribution in [0, 0.1) is 11.7 Å². The zero-order valence-electron chi connectivity index (χ0n) is 12.3. The van der Waals surface area contributed by atoms with Crippen molar-refractivity contribution in [3.05, 3.63) is 35.6 Å². The molecule has 0 aliphatic heterocycles. The van der Waals surface area contributed by atoms with E-state index in [1.54, 1.807) is 26.1 Å². The molecule has 5 heteroatoms. The predicted octanol–water partition coefficient (Wildman–Crippen LogP) is 2.43. The molecule has 21 heavy (non-hydrogen) atoms. The number of carbonyl (C=O) groups excluding carboxylic acids is 1. The molecule has 0 aromatic heterocycles. The van der Waals surface area contributed by atoms with E-state index in [4.69, 9.17) is 5.11 Å². The molecule has 0 spiro atoms. The SMILES string of the molecule is CC(CN(C)C(=O)C1(c2cccc(F)c2)CCC1)C(=O)O. The minimum Gasteiger partial charge on any atom is -0.481 e. The van der Waals surface area contributed by atoms with E-state index in [0.717, 1.165) is 6.42 Å². The third kappa shape index (κ3) is 2.91. The van der Waals surface area contributed by atoms with Crippen LogP contribution in [0.3, 0.4) is 0 Å². The number of hydrogen-bond donors (Lipinski definition) is 1. The number of carboxylic acid groups (broad SMARTS) is 1. The van der Waals surface area contributed by atoms with Gasteiger partial charge in [0.15, 0.2) is 0 Å². The molecular formula is C16H20FNO3. The average molecular weight is 293 g/mol. The number of aliphatic carboxylic acids is 1. The fourth-order valence-electron chi connectivity index (χ4n) is 2.88. The Morgan fingerprint density at radius 3 is 2.57 bits per heavy atom. The second-order valence-corrected chi connectivity index (χ2v) is 5.87. The number of carbonyl (C=O) groups is 2. The van der Waals surface area contributed by atoms with Gasteiger partial charge in [-0.3, -0.25) is 9.59 Å². The normalized spacial score (nSPS) is 17.7. The van der Waals surface area contributed by atoms with Gasteiger partial charge in [0.1, 0.15) is 5.82 Å². The summed E-state index contributed by atoms with van der Waals surface area (Å²) < 4.78 is 13.4. The molecule has 1 aromatic carbocycles. The van der Waals surface area contributed by atoms with Gasteiger partial charge < -0.3 is 10.0 Å². The summed E-state index contributed by atoms with van der Waals surface area (Å²) in [6.45, 7) is 1.73. The van der Waals surface area contributed by atoms with Gasteiger partial charge in [-0.1, -0.05) is 25.5 Å². The highest BCUT2D eigenvalue weighted by atomic mass is 19.1. The molecule has 2 rings (SSSR count). The molecule has 1 saturated carbocycles. The van der Waals surface area contributed by atoms with E-state index in [1.807, 2.05) is 0 Å². The third-order valence-electron chi connectivity index (χ3n) is 4.31. The molecule has 114 valence electrons. The molecule has 4 nitrogen and oxygen atoms in total. The van der Waals surface area contributed by atoms with Crippen LogP contribution in [0.5, 0.6) is 0 Å². The van der Waals surface area contributed by atoms with Crippen molar-refractivity contribution in [2.45, 2.75) is 31.6 Å². The summed E-state index contributed by atoms with van der Waals surface area (Å²) in [7, 11) is 1.61. The first-order chi connectivity index (χ1) is 9.86. The van der Waals surface area contributed by atoms with Crippen molar-refractivity contribution in [2.75, 3.05) is 13.6 Å². The molecule has 1 amide bonds. The molecule has 1 unspecified atom stereocenters. The van der Waals surface area contributed by atoms with Crippen molar-refractivity contribution in [3.8, 4) is 0 Å². The Labute approximate surface area is 123 Å². The summed E-state index contributed by atoms with van der Waals surface area (Å²) in [5, 5.41) is 8.95. The minimum absolute atomic E-state index is 0.118. The summed E-state index contributed by atoms with van der Waals surface area (Å²) in [5.41, 5.74) is 0.00306. The van der Waals surface area contributed by atoms with Crippen LogP contribution in [0.25, 0.3) is 0 Å². The molecule has 1 aliphatic rings. The van der Waals surface area contributed by atoms with Crippen LogP contribution in [-0.4, -0.2) is 35.5 Å². The number of nitrogens with zero attached hydrogens (tertiary/aromatic N) is 1. The maximum atomic E-state index is 13.4. The Morgan fingerprint density at radius 1 is 1.43 bits per heavy atom. The Morgan fingerprint density at radius 2 is 2.10 bits per heavy atom. The number of amides is 1. The molecule has 0 heterocycles. The average Bonchev–Trinajstić information content (AvgIpc) is 2.37. The van der Waals surface area contributed by atoms with Crippen molar-refractivity contribution in [1.82, 2.24) is 4.90 Å². The summed E-state index contributed by atoms with van der Waals surface area (Å²) in [5.74, 6) is -2.02. The largest absolute Gasteiger partial charge is 0.481 e. The van der Waals surface area contributed by atoms with Gasteiger partial charge in [-0.25, -0.2) is 4.39 Å². The number of likely N-dealkylation sites (N-methyl/N-ethyl adjacent to an activating group) is 1. The Bertz CT molecular complexity index is 554. The highest BCUT2D eigenvalue weighted by molar-refractivity contribution is 5.89. The van der Waals surface area contributed by atoms with Crippen LogP contribution in [0.4, 0.5) is 4.39 Å². The maximum absolute atomic E-state index is 13.4. The van der Waals surface area contributed by atoms with E-state index in [0.29, 0.717) is 18.4 Å². The van der Waals surface area contributed by atoms with Gasteiger partial charge in [-0.05, 0) is 30.5 Å². The van der Waals surface area contributed by atoms with Gasteiger partial charge >= 0.3 is 5.97 Å². The molecule has 0 radical (unpaired) electrons. The zero-order valence-corrected chi connectivity index (χ0v) is 12.3. The monoisotopic (exact) mass is 293 g/mol. The first kappa shape index (κ1) is 15.5. The topological polar surface area (TPSA) is 57.6 Å². The first-order valence-electron chi connectivity index (χ1n) is 7.11. The lowest BCUT2D eigenvalue weighted by Gasteiger charge is -2.43. The lowest BCUT2D eigenvalue weighted by Crippen LogP contribution is -2.51. The van der Waals surface area contributed by atoms with E-state index in [1.165, 1.54) is 17.0 Å². The summed E-state index contributed by atoms with van der Waals surface area (Å²) in [6, 6.07) is 6.15. The smallest absolute Gasteiger partial charge is 0.308 e. The lowest BCUT2D eigenvalue weighted by atomic mass is 9.63. The number of carboxylic acids is 1. The van der Waals surface area contributed by atoms with E-state index in [2.05, 4.69) is 0 Å². The van der Waals surface area contributed by atoms with E-state index in [-0.39, 0.29) is 18.3 Å². The van der Waals surface area contributed by atoms with Crippen molar-refractivity contribution in [2.24, 2.45) is 5.92 Å². The van der Waals surface area contributed by atoms with Crippen LogP contribution in [0.15, 0.2) is 24.3 Å². The molecule has 1 N–H and O–H groups in total. The maximum Gasteiger partial charge on any atom is 0.308 e. The standard InChI is InChI=1S/C16H20FNO3/c1-11(14(19)20)10-18(2)15(21)16(7-4-8-16)12-5-3-6-13(17)9-12/h3,5-6,9,11H,4,7-8,10H2,1-2H3,(H,19,20). The van der Waals surface area contributed by atoms with Crippen LogP contribution in [-0.2, 0) is 15.0 Å². The highest BCUT2D eigenvalue weighted by Gasteiger charge is 2.47. The van der Waals surface area contributed by atoms with Crippen molar-refractivity contribution in [1.29, 1.82) is 0 Å². The van der Waals surface area contributed by atoms with E-state index in [9.17, 15) is 14.0 Å².